The van der Waals surface area contributed by atoms with Crippen molar-refractivity contribution in [2.45, 2.75) is 33.2 Å². The standard InChI is InChI=1S/C31H29ClN2O5S/c1-4-38-24-16-20(10-13-23(24)39-15-14-18(2)3)27-26(28(35)19-8-6-5-7-9-19)29(36)30(37)34(27)31-33-22-12-11-21(32)17-25(22)40-31/h5-13,16-18,27,35H,4,14-15H2,1-3H3/b28-26+. The molecule has 3 aromatic carbocycles. The molecule has 1 aliphatic heterocycles. The number of nitrogens with zero attached hydrogens (tertiary/aromatic N) is 2. The number of Topliss-reactive ketones (excluding diaryl/α,β-unsaturated/α-hetero) is 1. The quantitative estimate of drug-likeness (QED) is 0.127. The molecule has 1 N–H and O–H groups in total. The van der Waals surface area contributed by atoms with Crippen molar-refractivity contribution >= 4 is 55.7 Å². The summed E-state index contributed by atoms with van der Waals surface area (Å²) in [4.78, 5) is 33.1. The molecule has 2 heterocycles. The zero-order valence-corrected chi connectivity index (χ0v) is 24.0. The Hall–Kier alpha value is -3.88. The van der Waals surface area contributed by atoms with Crippen molar-refractivity contribution in [1.82, 2.24) is 4.98 Å². The summed E-state index contributed by atoms with van der Waals surface area (Å²) >= 11 is 7.44. The first-order chi connectivity index (χ1) is 19.3. The molecular weight excluding hydrogens is 548 g/mol. The molecule has 1 saturated heterocycles. The summed E-state index contributed by atoms with van der Waals surface area (Å²) in [6.45, 7) is 7.05. The second kappa shape index (κ2) is 11.7. The summed E-state index contributed by atoms with van der Waals surface area (Å²) < 4.78 is 12.7. The lowest BCUT2D eigenvalue weighted by molar-refractivity contribution is -0.132. The summed E-state index contributed by atoms with van der Waals surface area (Å²) in [5.41, 5.74) is 1.63. The summed E-state index contributed by atoms with van der Waals surface area (Å²) in [6.07, 6.45) is 0.881. The molecule has 1 aliphatic rings. The molecule has 0 aliphatic carbocycles. The number of aromatic nitrogens is 1. The molecule has 0 radical (unpaired) electrons. The van der Waals surface area contributed by atoms with Crippen LogP contribution in [0.15, 0.2) is 72.3 Å². The van der Waals surface area contributed by atoms with Crippen molar-refractivity contribution in [3.8, 4) is 11.5 Å². The topological polar surface area (TPSA) is 89.0 Å². The molecule has 7 nitrogen and oxygen atoms in total. The number of ketones is 1. The van der Waals surface area contributed by atoms with Crippen LogP contribution in [0.25, 0.3) is 16.0 Å². The number of carbonyl (C=O) groups excluding carboxylic acids is 2. The van der Waals surface area contributed by atoms with E-state index in [9.17, 15) is 14.7 Å². The molecule has 9 heteroatoms. The highest BCUT2D eigenvalue weighted by atomic mass is 35.5. The van der Waals surface area contributed by atoms with Gasteiger partial charge in [0.2, 0.25) is 0 Å². The number of fused-ring (bicyclic) bond motifs is 1. The van der Waals surface area contributed by atoms with Crippen LogP contribution in [-0.2, 0) is 9.59 Å². The average molecular weight is 577 g/mol. The molecule has 1 amide bonds. The van der Waals surface area contributed by atoms with Gasteiger partial charge >= 0.3 is 5.91 Å². The average Bonchev–Trinajstić information content (AvgIpc) is 3.47. The number of halogens is 1. The first-order valence-corrected chi connectivity index (χ1v) is 14.3. The van der Waals surface area contributed by atoms with E-state index in [4.69, 9.17) is 21.1 Å². The van der Waals surface area contributed by atoms with Crippen LogP contribution in [-0.4, -0.2) is 35.0 Å². The second-order valence-electron chi connectivity index (χ2n) is 9.81. The van der Waals surface area contributed by atoms with E-state index in [2.05, 4.69) is 18.8 Å². The number of carbonyl (C=O) groups is 2. The van der Waals surface area contributed by atoms with Crippen molar-refractivity contribution in [1.29, 1.82) is 0 Å². The fraction of sp³-hybridized carbons (Fsp3) is 0.258. The summed E-state index contributed by atoms with van der Waals surface area (Å²) in [5.74, 6) is -0.283. The van der Waals surface area contributed by atoms with E-state index in [1.807, 2.05) is 13.0 Å². The Balaban J connectivity index is 1.66. The zero-order chi connectivity index (χ0) is 28.4. The van der Waals surface area contributed by atoms with Crippen molar-refractivity contribution in [3.63, 3.8) is 0 Å². The van der Waals surface area contributed by atoms with E-state index in [1.165, 1.54) is 16.2 Å². The predicted molar refractivity (Wildman–Crippen MR) is 158 cm³/mol. The fourth-order valence-electron chi connectivity index (χ4n) is 4.57. The highest BCUT2D eigenvalue weighted by Gasteiger charge is 2.48. The van der Waals surface area contributed by atoms with E-state index in [0.717, 1.165) is 11.1 Å². The van der Waals surface area contributed by atoms with E-state index < -0.39 is 17.7 Å². The van der Waals surface area contributed by atoms with Crippen LogP contribution in [0.3, 0.4) is 0 Å². The van der Waals surface area contributed by atoms with Gasteiger partial charge in [-0.15, -0.1) is 0 Å². The van der Waals surface area contributed by atoms with Gasteiger partial charge in [-0.1, -0.05) is 73.2 Å². The lowest BCUT2D eigenvalue weighted by atomic mass is 9.95. The number of rotatable bonds is 9. The van der Waals surface area contributed by atoms with Crippen LogP contribution in [0.1, 0.15) is 44.4 Å². The van der Waals surface area contributed by atoms with Crippen LogP contribution < -0.4 is 14.4 Å². The van der Waals surface area contributed by atoms with Gasteiger partial charge in [0.15, 0.2) is 16.6 Å². The van der Waals surface area contributed by atoms with Crippen molar-refractivity contribution in [3.05, 3.63) is 88.5 Å². The van der Waals surface area contributed by atoms with Crippen molar-refractivity contribution in [2.24, 2.45) is 5.92 Å². The minimum Gasteiger partial charge on any atom is -0.507 e. The largest absolute Gasteiger partial charge is 0.507 e. The highest BCUT2D eigenvalue weighted by molar-refractivity contribution is 7.22. The third-order valence-corrected chi connectivity index (χ3v) is 7.83. The number of aliphatic hydroxyl groups is 1. The number of amides is 1. The molecule has 0 saturated carbocycles. The van der Waals surface area contributed by atoms with Gasteiger partial charge in [0.1, 0.15) is 5.76 Å². The van der Waals surface area contributed by atoms with Gasteiger partial charge in [0.05, 0.1) is 35.0 Å². The molecule has 1 aromatic heterocycles. The van der Waals surface area contributed by atoms with E-state index >= 15 is 0 Å². The summed E-state index contributed by atoms with van der Waals surface area (Å²) in [7, 11) is 0. The fourth-order valence-corrected chi connectivity index (χ4v) is 5.84. The summed E-state index contributed by atoms with van der Waals surface area (Å²) in [6, 6.07) is 18.4. The summed E-state index contributed by atoms with van der Waals surface area (Å²) in [5, 5.41) is 12.2. The molecule has 0 spiro atoms. The third kappa shape index (κ3) is 5.42. The van der Waals surface area contributed by atoms with Gasteiger partial charge in [-0.2, -0.15) is 0 Å². The van der Waals surface area contributed by atoms with Gasteiger partial charge < -0.3 is 14.6 Å². The smallest absolute Gasteiger partial charge is 0.301 e. The van der Waals surface area contributed by atoms with E-state index in [-0.39, 0.29) is 11.3 Å². The first-order valence-electron chi connectivity index (χ1n) is 13.1. The number of ether oxygens (including phenoxy) is 2. The second-order valence-corrected chi connectivity index (χ2v) is 11.3. The monoisotopic (exact) mass is 576 g/mol. The Morgan fingerprint density at radius 3 is 2.55 bits per heavy atom. The Labute approximate surface area is 241 Å². The molecule has 206 valence electrons. The predicted octanol–water partition coefficient (Wildman–Crippen LogP) is 7.40. The van der Waals surface area contributed by atoms with Crippen LogP contribution >= 0.6 is 22.9 Å². The van der Waals surface area contributed by atoms with Gasteiger partial charge in [-0.25, -0.2) is 4.98 Å². The Morgan fingerprint density at radius 2 is 1.82 bits per heavy atom. The lowest BCUT2D eigenvalue weighted by Crippen LogP contribution is -2.29. The van der Waals surface area contributed by atoms with Crippen LogP contribution in [0.4, 0.5) is 5.13 Å². The van der Waals surface area contributed by atoms with Gasteiger partial charge in [-0.3, -0.25) is 14.5 Å². The number of hydrogen-bond donors (Lipinski definition) is 1. The van der Waals surface area contributed by atoms with Gasteiger partial charge in [0, 0.05) is 10.6 Å². The Morgan fingerprint density at radius 1 is 1.05 bits per heavy atom. The number of benzene rings is 3. The van der Waals surface area contributed by atoms with Gasteiger partial charge in [-0.05, 0) is 55.2 Å². The maximum atomic E-state index is 13.6. The molecule has 1 unspecified atom stereocenters. The first kappa shape index (κ1) is 27.7. The molecule has 40 heavy (non-hydrogen) atoms. The zero-order valence-electron chi connectivity index (χ0n) is 22.4. The molecular formula is C31H29ClN2O5S. The van der Waals surface area contributed by atoms with Crippen LogP contribution in [0.5, 0.6) is 11.5 Å². The lowest BCUT2D eigenvalue weighted by Gasteiger charge is -2.24. The minimum absolute atomic E-state index is 0.0237. The number of hydrogen-bond acceptors (Lipinski definition) is 7. The number of anilines is 1. The van der Waals surface area contributed by atoms with E-state index in [1.54, 1.807) is 60.7 Å². The van der Waals surface area contributed by atoms with Gasteiger partial charge in [0.25, 0.3) is 5.78 Å². The SMILES string of the molecule is CCOc1cc(C2/C(=C(\O)c3ccccc3)C(=O)C(=O)N2c2nc3ccc(Cl)cc3s2)ccc1OCCC(C)C. The number of thiazole rings is 1. The molecule has 1 atom stereocenters. The maximum absolute atomic E-state index is 13.6. The molecule has 5 rings (SSSR count). The van der Waals surface area contributed by atoms with Crippen LogP contribution in [0.2, 0.25) is 5.02 Å². The molecule has 0 bridgehead atoms. The third-order valence-electron chi connectivity index (χ3n) is 6.57. The van der Waals surface area contributed by atoms with E-state index in [0.29, 0.717) is 57.4 Å². The highest BCUT2D eigenvalue weighted by Crippen LogP contribution is 2.46. The van der Waals surface area contributed by atoms with Crippen molar-refractivity contribution in [2.75, 3.05) is 18.1 Å². The Bertz CT molecular complexity index is 1600. The van der Waals surface area contributed by atoms with Crippen LogP contribution in [0, 0.1) is 5.92 Å². The number of aliphatic hydroxyl groups excluding tert-OH is 1. The normalized spacial score (nSPS) is 16.7. The molecule has 1 fully saturated rings. The van der Waals surface area contributed by atoms with Crippen molar-refractivity contribution < 1.29 is 24.2 Å². The maximum Gasteiger partial charge on any atom is 0.301 e. The molecule has 4 aromatic rings. The minimum atomic E-state index is -0.944. The Kier molecular flexibility index (Phi) is 8.09.